The lowest BCUT2D eigenvalue weighted by Gasteiger charge is -2.39. The molecule has 0 aromatic heterocycles. The van der Waals surface area contributed by atoms with Gasteiger partial charge in [-0.1, -0.05) is 54.6 Å². The molecular weight excluding hydrogens is 400 g/mol. The molecule has 3 atom stereocenters. The van der Waals surface area contributed by atoms with E-state index >= 15 is 0 Å². The Morgan fingerprint density at radius 2 is 1.97 bits per heavy atom. The van der Waals surface area contributed by atoms with Crippen molar-refractivity contribution < 1.29 is 14.3 Å². The van der Waals surface area contributed by atoms with E-state index in [0.29, 0.717) is 24.6 Å². The number of nitrogens with one attached hydrogen (secondary N) is 2. The molecular formula is C27H28N2O3. The van der Waals surface area contributed by atoms with E-state index in [1.165, 1.54) is 16.3 Å². The van der Waals surface area contributed by atoms with Crippen molar-refractivity contribution in [1.29, 1.82) is 0 Å². The molecule has 0 spiro atoms. The number of amides is 1. The molecule has 5 rings (SSSR count). The fraction of sp³-hybridized carbons (Fsp3) is 0.296. The van der Waals surface area contributed by atoms with Crippen molar-refractivity contribution in [3.05, 3.63) is 83.4 Å². The quantitative estimate of drug-likeness (QED) is 0.426. The third-order valence-corrected chi connectivity index (χ3v) is 6.69. The minimum atomic E-state index is -0.0875. The Morgan fingerprint density at radius 1 is 1.09 bits per heavy atom. The Kier molecular flexibility index (Phi) is 5.58. The number of benzene rings is 3. The van der Waals surface area contributed by atoms with Gasteiger partial charge in [0.25, 0.3) is 5.91 Å². The molecule has 0 saturated carbocycles. The Morgan fingerprint density at radius 3 is 2.81 bits per heavy atom. The molecule has 3 aromatic carbocycles. The minimum Gasteiger partial charge on any atom is -0.496 e. The molecule has 2 aliphatic rings. The average Bonchev–Trinajstić information content (AvgIpc) is 3.33. The highest BCUT2D eigenvalue weighted by Crippen LogP contribution is 2.53. The van der Waals surface area contributed by atoms with Crippen LogP contribution in [0.15, 0.2) is 66.7 Å². The van der Waals surface area contributed by atoms with Crippen LogP contribution < -0.4 is 15.4 Å². The summed E-state index contributed by atoms with van der Waals surface area (Å²) in [6.45, 7) is 0.961. The fourth-order valence-corrected chi connectivity index (χ4v) is 5.23. The van der Waals surface area contributed by atoms with Gasteiger partial charge in [-0.25, -0.2) is 0 Å². The third kappa shape index (κ3) is 3.43. The van der Waals surface area contributed by atoms with Gasteiger partial charge in [-0.2, -0.15) is 0 Å². The summed E-state index contributed by atoms with van der Waals surface area (Å²) in [5, 5.41) is 9.11. The first-order chi connectivity index (χ1) is 15.7. The van der Waals surface area contributed by atoms with Crippen molar-refractivity contribution in [2.24, 2.45) is 5.92 Å². The summed E-state index contributed by atoms with van der Waals surface area (Å²) in [5.41, 5.74) is 3.92. The fourth-order valence-electron chi connectivity index (χ4n) is 5.23. The van der Waals surface area contributed by atoms with E-state index in [-0.39, 0.29) is 17.9 Å². The van der Waals surface area contributed by atoms with Crippen LogP contribution in [0.5, 0.6) is 5.75 Å². The lowest BCUT2D eigenvalue weighted by Crippen LogP contribution is -2.33. The maximum Gasteiger partial charge on any atom is 0.253 e. The molecule has 0 bridgehead atoms. The smallest absolute Gasteiger partial charge is 0.253 e. The van der Waals surface area contributed by atoms with Gasteiger partial charge in [0.1, 0.15) is 5.75 Å². The topological polar surface area (TPSA) is 59.6 Å². The summed E-state index contributed by atoms with van der Waals surface area (Å²) in [4.78, 5) is 13.0. The second-order valence-electron chi connectivity index (χ2n) is 8.40. The Bertz CT molecular complexity index is 1190. The van der Waals surface area contributed by atoms with Crippen LogP contribution in [-0.4, -0.2) is 33.3 Å². The van der Waals surface area contributed by atoms with Gasteiger partial charge in [0, 0.05) is 25.1 Å². The maximum atomic E-state index is 13.0. The number of rotatable bonds is 6. The normalized spacial score (nSPS) is 21.0. The number of anilines is 1. The third-order valence-electron chi connectivity index (χ3n) is 6.69. The zero-order valence-corrected chi connectivity index (χ0v) is 18.4. The van der Waals surface area contributed by atoms with Crippen molar-refractivity contribution in [1.82, 2.24) is 5.32 Å². The maximum absolute atomic E-state index is 13.0. The monoisotopic (exact) mass is 428 g/mol. The first-order valence-corrected chi connectivity index (χ1v) is 11.1. The summed E-state index contributed by atoms with van der Waals surface area (Å²) in [6.07, 6.45) is 5.54. The first-order valence-electron chi connectivity index (χ1n) is 11.1. The van der Waals surface area contributed by atoms with Crippen molar-refractivity contribution >= 4 is 22.4 Å². The van der Waals surface area contributed by atoms with Crippen LogP contribution in [-0.2, 0) is 4.74 Å². The van der Waals surface area contributed by atoms with Gasteiger partial charge in [-0.15, -0.1) is 0 Å². The molecule has 1 amide bonds. The molecule has 32 heavy (non-hydrogen) atoms. The van der Waals surface area contributed by atoms with Crippen molar-refractivity contribution in [3.63, 3.8) is 0 Å². The first kappa shape index (κ1) is 20.6. The molecule has 0 fully saturated rings. The van der Waals surface area contributed by atoms with Crippen LogP contribution in [0, 0.1) is 5.92 Å². The Balaban J connectivity index is 1.62. The predicted molar refractivity (Wildman–Crippen MR) is 128 cm³/mol. The summed E-state index contributed by atoms with van der Waals surface area (Å²) < 4.78 is 10.9. The van der Waals surface area contributed by atoms with E-state index in [0.717, 1.165) is 23.4 Å². The molecule has 1 aliphatic carbocycles. The highest BCUT2D eigenvalue weighted by atomic mass is 16.5. The zero-order chi connectivity index (χ0) is 22.1. The highest BCUT2D eigenvalue weighted by Gasteiger charge is 2.40. The standard InChI is InChI=1S/C27H28N2O3/c1-31-16-15-28-27(30)22-12-6-10-20-19-9-5-11-21(19)26(29-25(20)22)24-18-8-4-3-7-17(18)13-14-23(24)32-2/h3-10,12-14,19,21,26,29H,11,15-16H2,1-2H3,(H,28,30). The number of hydrogen-bond donors (Lipinski definition) is 2. The van der Waals surface area contributed by atoms with Gasteiger partial charge in [0.15, 0.2) is 0 Å². The highest BCUT2D eigenvalue weighted by molar-refractivity contribution is 6.01. The van der Waals surface area contributed by atoms with Crippen LogP contribution in [0.1, 0.15) is 39.9 Å². The molecule has 3 unspecified atom stereocenters. The van der Waals surface area contributed by atoms with Gasteiger partial charge < -0.3 is 20.1 Å². The summed E-state index contributed by atoms with van der Waals surface area (Å²) >= 11 is 0. The lowest BCUT2D eigenvalue weighted by atomic mass is 9.75. The van der Waals surface area contributed by atoms with E-state index in [1.54, 1.807) is 14.2 Å². The van der Waals surface area contributed by atoms with Crippen molar-refractivity contribution in [2.45, 2.75) is 18.4 Å². The zero-order valence-electron chi connectivity index (χ0n) is 18.4. The van der Waals surface area contributed by atoms with Gasteiger partial charge in [0.05, 0.1) is 31.0 Å². The summed E-state index contributed by atoms with van der Waals surface area (Å²) in [6, 6.07) is 18.6. The number of ether oxygens (including phenoxy) is 2. The van der Waals surface area contributed by atoms with Crippen LogP contribution in [0.25, 0.3) is 10.8 Å². The van der Waals surface area contributed by atoms with Gasteiger partial charge >= 0.3 is 0 Å². The SMILES string of the molecule is COCCNC(=O)c1cccc2c1NC(c1c(OC)ccc3ccccc13)C1CC=CC21. The number of allylic oxidation sites excluding steroid dienone is 2. The van der Waals surface area contributed by atoms with Crippen LogP contribution in [0.4, 0.5) is 5.69 Å². The van der Waals surface area contributed by atoms with E-state index < -0.39 is 0 Å². The van der Waals surface area contributed by atoms with E-state index in [4.69, 9.17) is 9.47 Å². The van der Waals surface area contributed by atoms with Crippen molar-refractivity contribution in [3.8, 4) is 5.75 Å². The Hall–Kier alpha value is -3.31. The number of fused-ring (bicyclic) bond motifs is 4. The molecule has 0 saturated heterocycles. The molecule has 2 N–H and O–H groups in total. The molecule has 0 radical (unpaired) electrons. The molecule has 1 aliphatic heterocycles. The van der Waals surface area contributed by atoms with E-state index in [1.807, 2.05) is 12.1 Å². The molecule has 3 aromatic rings. The lowest BCUT2D eigenvalue weighted by molar-refractivity contribution is 0.0937. The summed E-state index contributed by atoms with van der Waals surface area (Å²) in [7, 11) is 3.36. The van der Waals surface area contributed by atoms with Gasteiger partial charge in [0.2, 0.25) is 0 Å². The van der Waals surface area contributed by atoms with Crippen LogP contribution in [0.2, 0.25) is 0 Å². The second-order valence-corrected chi connectivity index (χ2v) is 8.40. The Labute approximate surface area is 188 Å². The average molecular weight is 429 g/mol. The summed E-state index contributed by atoms with van der Waals surface area (Å²) in [5.74, 6) is 1.40. The van der Waals surface area contributed by atoms with Gasteiger partial charge in [-0.3, -0.25) is 4.79 Å². The molecule has 164 valence electrons. The van der Waals surface area contributed by atoms with Crippen LogP contribution >= 0.6 is 0 Å². The minimum absolute atomic E-state index is 0.0245. The van der Waals surface area contributed by atoms with Crippen molar-refractivity contribution in [2.75, 3.05) is 32.7 Å². The largest absolute Gasteiger partial charge is 0.496 e. The molecule has 1 heterocycles. The second kappa shape index (κ2) is 8.67. The van der Waals surface area contributed by atoms with Gasteiger partial charge in [-0.05, 0) is 40.8 Å². The number of carbonyl (C=O) groups excluding carboxylic acids is 1. The van der Waals surface area contributed by atoms with E-state index in [9.17, 15) is 4.79 Å². The number of para-hydroxylation sites is 1. The van der Waals surface area contributed by atoms with Crippen LogP contribution in [0.3, 0.4) is 0 Å². The molecule has 5 nitrogen and oxygen atoms in total. The predicted octanol–water partition coefficient (Wildman–Crippen LogP) is 5.05. The number of methoxy groups -OCH3 is 2. The van der Waals surface area contributed by atoms with E-state index in [2.05, 4.69) is 65.3 Å². The number of hydrogen-bond acceptors (Lipinski definition) is 4. The molecule has 5 heteroatoms. The number of carbonyl (C=O) groups is 1.